The van der Waals surface area contributed by atoms with E-state index in [1.807, 2.05) is 36.4 Å². The second-order valence-electron chi connectivity index (χ2n) is 7.19. The summed E-state index contributed by atoms with van der Waals surface area (Å²) in [4.78, 5) is 25.3. The molecule has 6 heteroatoms. The Balaban J connectivity index is 1.87. The second kappa shape index (κ2) is 9.07. The van der Waals surface area contributed by atoms with Crippen molar-refractivity contribution in [2.45, 2.75) is 33.0 Å². The van der Waals surface area contributed by atoms with Crippen LogP contribution >= 0.6 is 0 Å². The molecule has 0 aliphatic heterocycles. The van der Waals surface area contributed by atoms with Gasteiger partial charge in [0.1, 0.15) is 24.5 Å². The maximum Gasteiger partial charge on any atom is 0.410 e. The van der Waals surface area contributed by atoms with E-state index in [4.69, 9.17) is 9.47 Å². The molecule has 1 N–H and O–H groups in total. The van der Waals surface area contributed by atoms with E-state index in [0.717, 1.165) is 5.56 Å². The standard InChI is InChI=1S/C21H26N2O4/c1-21(2,3)27-20(25)23(4)14-19(24)22-17-11-8-12-18(13-17)26-15-16-9-6-5-7-10-16/h5-13H,14-15H2,1-4H3,(H,22,24). The maximum absolute atomic E-state index is 12.2. The number of nitrogens with zero attached hydrogens (tertiary/aromatic N) is 1. The Bertz CT molecular complexity index is 769. The highest BCUT2D eigenvalue weighted by atomic mass is 16.6. The zero-order chi connectivity index (χ0) is 19.9. The van der Waals surface area contributed by atoms with Crippen LogP contribution in [0.5, 0.6) is 5.75 Å². The first-order valence-corrected chi connectivity index (χ1v) is 8.74. The molecule has 0 unspecified atom stereocenters. The van der Waals surface area contributed by atoms with Crippen LogP contribution < -0.4 is 10.1 Å². The number of benzene rings is 2. The predicted octanol–water partition coefficient (Wildman–Crippen LogP) is 4.07. The van der Waals surface area contributed by atoms with Crippen LogP contribution in [0.2, 0.25) is 0 Å². The van der Waals surface area contributed by atoms with Gasteiger partial charge in [-0.3, -0.25) is 4.79 Å². The minimum absolute atomic E-state index is 0.107. The van der Waals surface area contributed by atoms with Crippen molar-refractivity contribution in [1.82, 2.24) is 4.90 Å². The van der Waals surface area contributed by atoms with Crippen LogP contribution in [-0.2, 0) is 16.1 Å². The van der Waals surface area contributed by atoms with E-state index >= 15 is 0 Å². The van der Waals surface area contributed by atoms with Crippen LogP contribution in [0.3, 0.4) is 0 Å². The summed E-state index contributed by atoms with van der Waals surface area (Å²) in [5, 5.41) is 2.76. The molecule has 0 aromatic heterocycles. The molecular formula is C21H26N2O4. The smallest absolute Gasteiger partial charge is 0.410 e. The van der Waals surface area contributed by atoms with Crippen molar-refractivity contribution in [3.05, 3.63) is 60.2 Å². The fourth-order valence-electron chi connectivity index (χ4n) is 2.22. The van der Waals surface area contributed by atoms with E-state index < -0.39 is 11.7 Å². The molecule has 0 spiro atoms. The molecule has 0 saturated carbocycles. The molecule has 6 nitrogen and oxygen atoms in total. The molecule has 0 bridgehead atoms. The van der Waals surface area contributed by atoms with Crippen molar-refractivity contribution in [1.29, 1.82) is 0 Å². The SMILES string of the molecule is CN(CC(=O)Nc1cccc(OCc2ccccc2)c1)C(=O)OC(C)(C)C. The number of carbonyl (C=O) groups is 2. The van der Waals surface area contributed by atoms with E-state index in [1.54, 1.807) is 39.0 Å². The van der Waals surface area contributed by atoms with E-state index in [2.05, 4.69) is 5.32 Å². The van der Waals surface area contributed by atoms with E-state index in [-0.39, 0.29) is 12.5 Å². The molecule has 2 amide bonds. The largest absolute Gasteiger partial charge is 0.489 e. The Kier molecular flexibility index (Phi) is 6.82. The van der Waals surface area contributed by atoms with Gasteiger partial charge in [-0.1, -0.05) is 36.4 Å². The van der Waals surface area contributed by atoms with E-state index in [9.17, 15) is 9.59 Å². The van der Waals surface area contributed by atoms with Crippen molar-refractivity contribution in [2.75, 3.05) is 18.9 Å². The highest BCUT2D eigenvalue weighted by Gasteiger charge is 2.21. The highest BCUT2D eigenvalue weighted by molar-refractivity contribution is 5.93. The number of anilines is 1. The fraction of sp³-hybridized carbons (Fsp3) is 0.333. The van der Waals surface area contributed by atoms with Crippen molar-refractivity contribution < 1.29 is 19.1 Å². The minimum Gasteiger partial charge on any atom is -0.489 e. The van der Waals surface area contributed by atoms with Gasteiger partial charge in [-0.2, -0.15) is 0 Å². The summed E-state index contributed by atoms with van der Waals surface area (Å²) in [7, 11) is 1.52. The van der Waals surface area contributed by atoms with Crippen LogP contribution in [0.25, 0.3) is 0 Å². The predicted molar refractivity (Wildman–Crippen MR) is 105 cm³/mol. The summed E-state index contributed by atoms with van der Waals surface area (Å²) < 4.78 is 11.0. The molecule has 0 saturated heterocycles. The normalized spacial score (nSPS) is 10.8. The Labute approximate surface area is 160 Å². The number of carbonyl (C=O) groups excluding carboxylic acids is 2. The minimum atomic E-state index is -0.605. The van der Waals surface area contributed by atoms with Crippen molar-refractivity contribution in [2.24, 2.45) is 0 Å². The Morgan fingerprint density at radius 1 is 1.04 bits per heavy atom. The molecule has 0 atom stereocenters. The lowest BCUT2D eigenvalue weighted by Gasteiger charge is -2.24. The average molecular weight is 370 g/mol. The van der Waals surface area contributed by atoms with Gasteiger partial charge in [0.25, 0.3) is 0 Å². The van der Waals surface area contributed by atoms with Crippen molar-refractivity contribution in [3.63, 3.8) is 0 Å². The summed E-state index contributed by atoms with van der Waals surface area (Å²) >= 11 is 0. The van der Waals surface area contributed by atoms with Gasteiger partial charge in [-0.25, -0.2) is 4.79 Å². The quantitative estimate of drug-likeness (QED) is 0.832. The molecule has 2 rings (SSSR count). The van der Waals surface area contributed by atoms with Crippen LogP contribution in [0, 0.1) is 0 Å². The van der Waals surface area contributed by atoms with Gasteiger partial charge < -0.3 is 19.7 Å². The molecule has 27 heavy (non-hydrogen) atoms. The number of hydrogen-bond acceptors (Lipinski definition) is 4. The topological polar surface area (TPSA) is 67.9 Å². The highest BCUT2D eigenvalue weighted by Crippen LogP contribution is 2.19. The van der Waals surface area contributed by atoms with Crippen LogP contribution in [0.4, 0.5) is 10.5 Å². The monoisotopic (exact) mass is 370 g/mol. The van der Waals surface area contributed by atoms with Crippen LogP contribution in [0.1, 0.15) is 26.3 Å². The Morgan fingerprint density at radius 2 is 1.74 bits per heavy atom. The summed E-state index contributed by atoms with van der Waals surface area (Å²) in [5.41, 5.74) is 1.06. The third kappa shape index (κ3) is 7.40. The molecule has 0 fully saturated rings. The van der Waals surface area contributed by atoms with E-state index in [1.165, 1.54) is 11.9 Å². The molecular weight excluding hydrogens is 344 g/mol. The molecule has 2 aromatic rings. The first-order chi connectivity index (χ1) is 12.7. The molecule has 2 aromatic carbocycles. The Hall–Kier alpha value is -3.02. The number of likely N-dealkylation sites (N-methyl/N-ethyl adjacent to an activating group) is 1. The van der Waals surface area contributed by atoms with Crippen molar-refractivity contribution >= 4 is 17.7 Å². The van der Waals surface area contributed by atoms with Gasteiger partial charge in [0.15, 0.2) is 0 Å². The lowest BCUT2D eigenvalue weighted by molar-refractivity contribution is -0.117. The second-order valence-corrected chi connectivity index (χ2v) is 7.19. The summed E-state index contributed by atoms with van der Waals surface area (Å²) in [6.07, 6.45) is -0.544. The van der Waals surface area contributed by atoms with Gasteiger partial charge in [0, 0.05) is 18.8 Å². The maximum atomic E-state index is 12.2. The van der Waals surface area contributed by atoms with Gasteiger partial charge >= 0.3 is 6.09 Å². The third-order valence-corrected chi connectivity index (χ3v) is 3.45. The van der Waals surface area contributed by atoms with Gasteiger partial charge in [-0.15, -0.1) is 0 Å². The first kappa shape index (κ1) is 20.3. The van der Waals surface area contributed by atoms with E-state index in [0.29, 0.717) is 18.0 Å². The first-order valence-electron chi connectivity index (χ1n) is 8.74. The van der Waals surface area contributed by atoms with Crippen LogP contribution in [0.15, 0.2) is 54.6 Å². The Morgan fingerprint density at radius 3 is 2.41 bits per heavy atom. The number of ether oxygens (including phenoxy) is 2. The van der Waals surface area contributed by atoms with Gasteiger partial charge in [-0.05, 0) is 38.5 Å². The molecule has 0 radical (unpaired) electrons. The van der Waals surface area contributed by atoms with Crippen LogP contribution in [-0.4, -0.2) is 36.1 Å². The molecule has 144 valence electrons. The molecule has 0 aliphatic rings. The fourth-order valence-corrected chi connectivity index (χ4v) is 2.22. The third-order valence-electron chi connectivity index (χ3n) is 3.45. The number of rotatable bonds is 6. The lowest BCUT2D eigenvalue weighted by Crippen LogP contribution is -2.38. The summed E-state index contributed by atoms with van der Waals surface area (Å²) in [6.45, 7) is 5.67. The van der Waals surface area contributed by atoms with Gasteiger partial charge in [0.2, 0.25) is 5.91 Å². The zero-order valence-corrected chi connectivity index (χ0v) is 16.2. The van der Waals surface area contributed by atoms with Gasteiger partial charge in [0.05, 0.1) is 0 Å². The summed E-state index contributed by atoms with van der Waals surface area (Å²) in [5.74, 6) is 0.334. The average Bonchev–Trinajstić information content (AvgIpc) is 2.59. The number of amides is 2. The van der Waals surface area contributed by atoms with Crippen molar-refractivity contribution in [3.8, 4) is 5.75 Å². The lowest BCUT2D eigenvalue weighted by atomic mass is 10.2. The zero-order valence-electron chi connectivity index (χ0n) is 16.2. The molecule has 0 heterocycles. The number of hydrogen-bond donors (Lipinski definition) is 1. The number of nitrogens with one attached hydrogen (secondary N) is 1. The molecule has 0 aliphatic carbocycles. The summed E-state index contributed by atoms with van der Waals surface area (Å²) in [6, 6.07) is 17.0.